The molecule has 3 rings (SSSR count). The Bertz CT molecular complexity index is 732. The van der Waals surface area contributed by atoms with Crippen LogP contribution in [0.25, 0.3) is 22.1 Å². The standard InChI is InChI=1S/C18H22N2O/c1-3-4-5-6-9-13(2)18-19-12-16-17(20-18)14-10-7-8-11-15(14)21-16/h7-8,10-13H,3-6,9H2,1-2H3. The molecule has 0 radical (unpaired) electrons. The summed E-state index contributed by atoms with van der Waals surface area (Å²) in [5.74, 6) is 1.34. The van der Waals surface area contributed by atoms with Crippen molar-refractivity contribution in [2.24, 2.45) is 0 Å². The van der Waals surface area contributed by atoms with E-state index in [-0.39, 0.29) is 0 Å². The fraction of sp³-hybridized carbons (Fsp3) is 0.444. The molecule has 0 aliphatic carbocycles. The van der Waals surface area contributed by atoms with Crippen LogP contribution in [0.1, 0.15) is 57.7 Å². The van der Waals surface area contributed by atoms with Crippen LogP contribution in [0.4, 0.5) is 0 Å². The molecule has 0 fully saturated rings. The molecule has 1 atom stereocenters. The van der Waals surface area contributed by atoms with Crippen LogP contribution in [-0.4, -0.2) is 9.97 Å². The summed E-state index contributed by atoms with van der Waals surface area (Å²) < 4.78 is 5.78. The van der Waals surface area contributed by atoms with Gasteiger partial charge in [0.15, 0.2) is 5.58 Å². The third-order valence-corrected chi connectivity index (χ3v) is 4.07. The topological polar surface area (TPSA) is 38.9 Å². The molecule has 2 heterocycles. The van der Waals surface area contributed by atoms with E-state index in [4.69, 9.17) is 9.40 Å². The van der Waals surface area contributed by atoms with Crippen LogP contribution < -0.4 is 0 Å². The molecular weight excluding hydrogens is 260 g/mol. The van der Waals surface area contributed by atoms with E-state index in [1.165, 1.54) is 25.7 Å². The Hall–Kier alpha value is -1.90. The van der Waals surface area contributed by atoms with Crippen molar-refractivity contribution >= 4 is 22.1 Å². The number of aromatic nitrogens is 2. The highest BCUT2D eigenvalue weighted by Crippen LogP contribution is 2.28. The highest BCUT2D eigenvalue weighted by atomic mass is 16.3. The highest BCUT2D eigenvalue weighted by molar-refractivity contribution is 6.01. The molecule has 3 aromatic rings. The molecule has 0 N–H and O–H groups in total. The van der Waals surface area contributed by atoms with Gasteiger partial charge in [-0.15, -0.1) is 0 Å². The van der Waals surface area contributed by atoms with E-state index in [9.17, 15) is 0 Å². The van der Waals surface area contributed by atoms with Gasteiger partial charge in [-0.3, -0.25) is 0 Å². The maximum absolute atomic E-state index is 5.78. The molecule has 1 aromatic carbocycles. The molecule has 21 heavy (non-hydrogen) atoms. The van der Waals surface area contributed by atoms with Crippen LogP contribution >= 0.6 is 0 Å². The predicted octanol–water partition coefficient (Wildman–Crippen LogP) is 5.45. The molecule has 0 amide bonds. The second-order valence-electron chi connectivity index (χ2n) is 5.79. The van der Waals surface area contributed by atoms with Crippen molar-refractivity contribution in [3.63, 3.8) is 0 Å². The van der Waals surface area contributed by atoms with Crippen LogP contribution in [0.2, 0.25) is 0 Å². The molecule has 0 bridgehead atoms. The van der Waals surface area contributed by atoms with Crippen molar-refractivity contribution < 1.29 is 4.42 Å². The van der Waals surface area contributed by atoms with Gasteiger partial charge in [-0.25, -0.2) is 9.97 Å². The summed E-state index contributed by atoms with van der Waals surface area (Å²) in [6.07, 6.45) is 8.12. The number of fused-ring (bicyclic) bond motifs is 3. The number of furan rings is 1. The minimum absolute atomic E-state index is 0.403. The van der Waals surface area contributed by atoms with Gasteiger partial charge in [-0.05, 0) is 18.6 Å². The van der Waals surface area contributed by atoms with Crippen LogP contribution in [0, 0.1) is 0 Å². The van der Waals surface area contributed by atoms with E-state index < -0.39 is 0 Å². The second-order valence-corrected chi connectivity index (χ2v) is 5.79. The van der Waals surface area contributed by atoms with Crippen molar-refractivity contribution in [2.75, 3.05) is 0 Å². The van der Waals surface area contributed by atoms with Crippen molar-refractivity contribution in [1.29, 1.82) is 0 Å². The maximum atomic E-state index is 5.78. The molecule has 1 unspecified atom stereocenters. The van der Waals surface area contributed by atoms with E-state index in [0.717, 1.165) is 34.3 Å². The normalized spacial score (nSPS) is 13.0. The second kappa shape index (κ2) is 6.25. The van der Waals surface area contributed by atoms with Gasteiger partial charge in [0.25, 0.3) is 0 Å². The van der Waals surface area contributed by atoms with Gasteiger partial charge in [-0.2, -0.15) is 0 Å². The Kier molecular flexibility index (Phi) is 4.18. The highest BCUT2D eigenvalue weighted by Gasteiger charge is 2.13. The van der Waals surface area contributed by atoms with Crippen molar-refractivity contribution in [3.05, 3.63) is 36.3 Å². The summed E-state index contributed by atoms with van der Waals surface area (Å²) in [4.78, 5) is 9.25. The van der Waals surface area contributed by atoms with Crippen LogP contribution in [0.15, 0.2) is 34.9 Å². The summed E-state index contributed by atoms with van der Waals surface area (Å²) in [6.45, 7) is 4.46. The lowest BCUT2D eigenvalue weighted by Crippen LogP contribution is -2.00. The first kappa shape index (κ1) is 14.1. The van der Waals surface area contributed by atoms with Crippen molar-refractivity contribution in [1.82, 2.24) is 9.97 Å². The Morgan fingerprint density at radius 2 is 1.95 bits per heavy atom. The molecule has 0 spiro atoms. The van der Waals surface area contributed by atoms with E-state index in [0.29, 0.717) is 5.92 Å². The quantitative estimate of drug-likeness (QED) is 0.564. The third-order valence-electron chi connectivity index (χ3n) is 4.07. The zero-order chi connectivity index (χ0) is 14.7. The lowest BCUT2D eigenvalue weighted by molar-refractivity contribution is 0.562. The van der Waals surface area contributed by atoms with Gasteiger partial charge in [-0.1, -0.05) is 51.7 Å². The minimum atomic E-state index is 0.403. The van der Waals surface area contributed by atoms with Crippen molar-refractivity contribution in [3.8, 4) is 0 Å². The number of hydrogen-bond acceptors (Lipinski definition) is 3. The van der Waals surface area contributed by atoms with Crippen LogP contribution in [-0.2, 0) is 0 Å². The van der Waals surface area contributed by atoms with E-state index in [2.05, 4.69) is 24.9 Å². The summed E-state index contributed by atoms with van der Waals surface area (Å²) in [5.41, 5.74) is 2.60. The maximum Gasteiger partial charge on any atom is 0.172 e. The first-order valence-electron chi connectivity index (χ1n) is 7.93. The Morgan fingerprint density at radius 3 is 2.81 bits per heavy atom. The lowest BCUT2D eigenvalue weighted by Gasteiger charge is -2.09. The van der Waals surface area contributed by atoms with E-state index in [1.54, 1.807) is 0 Å². The fourth-order valence-corrected chi connectivity index (χ4v) is 2.77. The summed E-state index contributed by atoms with van der Waals surface area (Å²) in [6, 6.07) is 8.04. The Labute approximate surface area is 125 Å². The molecular formula is C18H22N2O. The smallest absolute Gasteiger partial charge is 0.172 e. The number of unbranched alkanes of at least 4 members (excludes halogenated alkanes) is 3. The molecule has 3 heteroatoms. The Balaban J connectivity index is 1.84. The number of hydrogen-bond donors (Lipinski definition) is 0. The van der Waals surface area contributed by atoms with Gasteiger partial charge in [0.2, 0.25) is 0 Å². The van der Waals surface area contributed by atoms with Gasteiger partial charge < -0.3 is 4.42 Å². The molecule has 110 valence electrons. The summed E-state index contributed by atoms with van der Waals surface area (Å²) in [5, 5.41) is 1.08. The van der Waals surface area contributed by atoms with Gasteiger partial charge in [0.05, 0.1) is 6.20 Å². The van der Waals surface area contributed by atoms with Gasteiger partial charge >= 0.3 is 0 Å². The Morgan fingerprint density at radius 1 is 1.10 bits per heavy atom. The molecule has 0 saturated heterocycles. The largest absolute Gasteiger partial charge is 0.453 e. The lowest BCUT2D eigenvalue weighted by atomic mass is 10.0. The number of benzene rings is 1. The zero-order valence-electron chi connectivity index (χ0n) is 12.8. The molecule has 0 saturated carbocycles. The van der Waals surface area contributed by atoms with Crippen LogP contribution in [0.5, 0.6) is 0 Å². The number of para-hydroxylation sites is 1. The van der Waals surface area contributed by atoms with Crippen molar-refractivity contribution in [2.45, 2.75) is 51.9 Å². The third kappa shape index (κ3) is 2.92. The number of rotatable bonds is 6. The van der Waals surface area contributed by atoms with Crippen LogP contribution in [0.3, 0.4) is 0 Å². The van der Waals surface area contributed by atoms with E-state index >= 15 is 0 Å². The minimum Gasteiger partial charge on any atom is -0.453 e. The zero-order valence-corrected chi connectivity index (χ0v) is 12.8. The molecule has 3 nitrogen and oxygen atoms in total. The average Bonchev–Trinajstić information content (AvgIpc) is 2.89. The fourth-order valence-electron chi connectivity index (χ4n) is 2.77. The number of nitrogens with zero attached hydrogens (tertiary/aromatic N) is 2. The molecule has 0 aliphatic rings. The SMILES string of the molecule is CCCCCCC(C)c1ncc2oc3ccccc3c2n1. The van der Waals surface area contributed by atoms with Gasteiger partial charge in [0.1, 0.15) is 16.9 Å². The first-order valence-corrected chi connectivity index (χ1v) is 7.93. The van der Waals surface area contributed by atoms with Gasteiger partial charge in [0, 0.05) is 11.3 Å². The monoisotopic (exact) mass is 282 g/mol. The summed E-state index contributed by atoms with van der Waals surface area (Å²) >= 11 is 0. The molecule has 0 aliphatic heterocycles. The first-order chi connectivity index (χ1) is 10.3. The molecule has 2 aromatic heterocycles. The summed E-state index contributed by atoms with van der Waals surface area (Å²) in [7, 11) is 0. The average molecular weight is 282 g/mol. The predicted molar refractivity (Wildman–Crippen MR) is 86.5 cm³/mol. The van der Waals surface area contributed by atoms with E-state index in [1.807, 2.05) is 24.4 Å².